The lowest BCUT2D eigenvalue weighted by Gasteiger charge is -2.30. The van der Waals surface area contributed by atoms with Gasteiger partial charge in [0, 0.05) is 39.1 Å². The van der Waals surface area contributed by atoms with Gasteiger partial charge < -0.3 is 20.3 Å². The number of hydrogen-bond acceptors (Lipinski definition) is 3. The molecule has 1 atom stereocenters. The Bertz CT molecular complexity index is 680. The third kappa shape index (κ3) is 6.08. The van der Waals surface area contributed by atoms with E-state index in [-0.39, 0.29) is 6.10 Å². The Labute approximate surface area is 168 Å². The predicted molar refractivity (Wildman–Crippen MR) is 116 cm³/mol. The van der Waals surface area contributed by atoms with Crippen LogP contribution in [0.1, 0.15) is 23.5 Å². The molecular weight excluding hydrogens is 348 g/mol. The van der Waals surface area contributed by atoms with E-state index in [0.29, 0.717) is 5.92 Å². The van der Waals surface area contributed by atoms with E-state index in [2.05, 4.69) is 88.2 Å². The standard InChI is InChI=1S/C23H32N4O/c1-24-23(26-17-21-18-27(2)15-16-28-21)25-14-13-22(19-9-5-3-6-10-19)20-11-7-4-8-12-20/h3-12,21-22H,13-18H2,1-2H3,(H2,24,25,26). The Kier molecular flexibility index (Phi) is 7.88. The van der Waals surface area contributed by atoms with Crippen LogP contribution in [-0.4, -0.2) is 63.8 Å². The first-order valence-electron chi connectivity index (χ1n) is 10.1. The van der Waals surface area contributed by atoms with Crippen molar-refractivity contribution in [3.05, 3.63) is 71.8 Å². The normalized spacial score (nSPS) is 18.2. The highest BCUT2D eigenvalue weighted by Crippen LogP contribution is 2.27. The first-order chi connectivity index (χ1) is 13.8. The molecule has 0 amide bonds. The fourth-order valence-electron chi connectivity index (χ4n) is 3.65. The zero-order valence-electron chi connectivity index (χ0n) is 17.0. The number of hydrogen-bond donors (Lipinski definition) is 2. The average Bonchev–Trinajstić information content (AvgIpc) is 2.74. The van der Waals surface area contributed by atoms with E-state index >= 15 is 0 Å². The summed E-state index contributed by atoms with van der Waals surface area (Å²) in [6, 6.07) is 21.4. The van der Waals surface area contributed by atoms with Crippen molar-refractivity contribution in [2.45, 2.75) is 18.4 Å². The molecule has 150 valence electrons. The van der Waals surface area contributed by atoms with Gasteiger partial charge in [0.25, 0.3) is 0 Å². The predicted octanol–water partition coefficient (Wildman–Crippen LogP) is 2.70. The Morgan fingerprint density at radius 2 is 1.71 bits per heavy atom. The molecule has 2 aromatic rings. The summed E-state index contributed by atoms with van der Waals surface area (Å²) in [5, 5.41) is 6.86. The van der Waals surface area contributed by atoms with E-state index < -0.39 is 0 Å². The smallest absolute Gasteiger partial charge is 0.191 e. The monoisotopic (exact) mass is 380 g/mol. The van der Waals surface area contributed by atoms with Crippen molar-refractivity contribution in [3.8, 4) is 0 Å². The molecular formula is C23H32N4O. The summed E-state index contributed by atoms with van der Waals surface area (Å²) >= 11 is 0. The molecule has 0 spiro atoms. The minimum atomic E-state index is 0.207. The Morgan fingerprint density at radius 3 is 2.29 bits per heavy atom. The molecule has 1 heterocycles. The van der Waals surface area contributed by atoms with Gasteiger partial charge in [-0.15, -0.1) is 0 Å². The second-order valence-corrected chi connectivity index (χ2v) is 7.30. The molecule has 1 aliphatic rings. The second kappa shape index (κ2) is 10.8. The zero-order valence-corrected chi connectivity index (χ0v) is 17.0. The molecule has 1 unspecified atom stereocenters. The summed E-state index contributed by atoms with van der Waals surface area (Å²) in [7, 11) is 3.95. The van der Waals surface area contributed by atoms with Crippen LogP contribution in [0.15, 0.2) is 65.7 Å². The van der Waals surface area contributed by atoms with E-state index in [4.69, 9.17) is 4.74 Å². The minimum Gasteiger partial charge on any atom is -0.374 e. The van der Waals surface area contributed by atoms with Crippen molar-refractivity contribution in [1.29, 1.82) is 0 Å². The third-order valence-electron chi connectivity index (χ3n) is 5.19. The number of benzene rings is 2. The lowest BCUT2D eigenvalue weighted by atomic mass is 9.88. The Morgan fingerprint density at radius 1 is 1.07 bits per heavy atom. The molecule has 1 fully saturated rings. The van der Waals surface area contributed by atoms with Gasteiger partial charge in [0.15, 0.2) is 5.96 Å². The van der Waals surface area contributed by atoms with Gasteiger partial charge >= 0.3 is 0 Å². The first kappa shape index (κ1) is 20.4. The van der Waals surface area contributed by atoms with Crippen LogP contribution in [0.5, 0.6) is 0 Å². The fourth-order valence-corrected chi connectivity index (χ4v) is 3.65. The quantitative estimate of drug-likeness (QED) is 0.573. The molecule has 28 heavy (non-hydrogen) atoms. The molecule has 0 radical (unpaired) electrons. The summed E-state index contributed by atoms with van der Waals surface area (Å²) < 4.78 is 5.81. The highest BCUT2D eigenvalue weighted by Gasteiger charge is 2.18. The topological polar surface area (TPSA) is 48.9 Å². The molecule has 0 bridgehead atoms. The number of morpholine rings is 1. The van der Waals surface area contributed by atoms with Gasteiger partial charge in [0.2, 0.25) is 0 Å². The lowest BCUT2D eigenvalue weighted by Crippen LogP contribution is -2.48. The van der Waals surface area contributed by atoms with E-state index in [1.54, 1.807) is 0 Å². The Hall–Kier alpha value is -2.37. The summed E-state index contributed by atoms with van der Waals surface area (Å²) in [5.74, 6) is 1.19. The van der Waals surface area contributed by atoms with Crippen LogP contribution in [0.2, 0.25) is 0 Å². The van der Waals surface area contributed by atoms with Crippen molar-refractivity contribution in [2.75, 3.05) is 46.9 Å². The first-order valence-corrected chi connectivity index (χ1v) is 10.1. The number of guanidine groups is 1. The largest absolute Gasteiger partial charge is 0.374 e. The van der Waals surface area contributed by atoms with Crippen LogP contribution >= 0.6 is 0 Å². The molecule has 2 aromatic carbocycles. The molecule has 0 saturated carbocycles. The van der Waals surface area contributed by atoms with Gasteiger partial charge in [-0.3, -0.25) is 4.99 Å². The van der Waals surface area contributed by atoms with Crippen LogP contribution in [0, 0.1) is 0 Å². The van der Waals surface area contributed by atoms with Gasteiger partial charge in [-0.25, -0.2) is 0 Å². The molecule has 1 saturated heterocycles. The van der Waals surface area contributed by atoms with Crippen molar-refractivity contribution in [1.82, 2.24) is 15.5 Å². The minimum absolute atomic E-state index is 0.207. The maximum Gasteiger partial charge on any atom is 0.191 e. The highest BCUT2D eigenvalue weighted by atomic mass is 16.5. The lowest BCUT2D eigenvalue weighted by molar-refractivity contribution is -0.0161. The number of ether oxygens (including phenoxy) is 1. The van der Waals surface area contributed by atoms with Crippen molar-refractivity contribution >= 4 is 5.96 Å². The van der Waals surface area contributed by atoms with Crippen LogP contribution < -0.4 is 10.6 Å². The van der Waals surface area contributed by atoms with Crippen LogP contribution in [0.25, 0.3) is 0 Å². The number of nitrogens with zero attached hydrogens (tertiary/aromatic N) is 2. The van der Waals surface area contributed by atoms with E-state index in [1.807, 2.05) is 7.05 Å². The van der Waals surface area contributed by atoms with Gasteiger partial charge in [0.1, 0.15) is 0 Å². The second-order valence-electron chi connectivity index (χ2n) is 7.30. The number of nitrogens with one attached hydrogen (secondary N) is 2. The molecule has 0 aromatic heterocycles. The molecule has 0 aliphatic carbocycles. The Balaban J connectivity index is 1.53. The number of rotatable bonds is 7. The van der Waals surface area contributed by atoms with E-state index in [9.17, 15) is 0 Å². The molecule has 5 heteroatoms. The maximum absolute atomic E-state index is 5.81. The number of likely N-dealkylation sites (N-methyl/N-ethyl adjacent to an activating group) is 1. The zero-order chi connectivity index (χ0) is 19.6. The summed E-state index contributed by atoms with van der Waals surface area (Å²) in [5.41, 5.74) is 2.69. The summed E-state index contributed by atoms with van der Waals surface area (Å²) in [4.78, 5) is 6.66. The maximum atomic E-state index is 5.81. The molecule has 3 rings (SSSR count). The third-order valence-corrected chi connectivity index (χ3v) is 5.19. The van der Waals surface area contributed by atoms with E-state index in [1.165, 1.54) is 11.1 Å². The molecule has 1 aliphatic heterocycles. The van der Waals surface area contributed by atoms with Crippen LogP contribution in [0.3, 0.4) is 0 Å². The van der Waals surface area contributed by atoms with Gasteiger partial charge in [0.05, 0.1) is 12.7 Å². The summed E-state index contributed by atoms with van der Waals surface area (Å²) in [6.45, 7) is 4.37. The van der Waals surface area contributed by atoms with Crippen molar-refractivity contribution in [3.63, 3.8) is 0 Å². The van der Waals surface area contributed by atoms with Crippen molar-refractivity contribution < 1.29 is 4.74 Å². The van der Waals surface area contributed by atoms with Crippen LogP contribution in [-0.2, 0) is 4.74 Å². The molecule has 5 nitrogen and oxygen atoms in total. The van der Waals surface area contributed by atoms with Gasteiger partial charge in [-0.05, 0) is 24.6 Å². The van der Waals surface area contributed by atoms with Gasteiger partial charge in [-0.1, -0.05) is 60.7 Å². The van der Waals surface area contributed by atoms with Crippen molar-refractivity contribution in [2.24, 2.45) is 4.99 Å². The SMILES string of the molecule is CN=C(NCCC(c1ccccc1)c1ccccc1)NCC1CN(C)CCO1. The molecule has 2 N–H and O–H groups in total. The number of aliphatic imine (C=N–C) groups is 1. The average molecular weight is 381 g/mol. The summed E-state index contributed by atoms with van der Waals surface area (Å²) in [6.07, 6.45) is 1.20. The highest BCUT2D eigenvalue weighted by molar-refractivity contribution is 5.79. The van der Waals surface area contributed by atoms with Gasteiger partial charge in [-0.2, -0.15) is 0 Å². The fraction of sp³-hybridized carbons (Fsp3) is 0.435. The van der Waals surface area contributed by atoms with E-state index in [0.717, 1.165) is 45.2 Å². The van der Waals surface area contributed by atoms with Crippen LogP contribution in [0.4, 0.5) is 0 Å².